The van der Waals surface area contributed by atoms with Gasteiger partial charge in [-0.2, -0.15) is 0 Å². The van der Waals surface area contributed by atoms with E-state index in [1.807, 2.05) is 6.92 Å². The smallest absolute Gasteiger partial charge is 0.102 e. The van der Waals surface area contributed by atoms with Crippen LogP contribution in [0.5, 0.6) is 0 Å². The van der Waals surface area contributed by atoms with Crippen LogP contribution in [0.2, 0.25) is 0 Å². The molecule has 3 N–H and O–H groups in total. The number of hydrogen-bond donors (Lipinski definition) is 2. The lowest BCUT2D eigenvalue weighted by Crippen LogP contribution is -3.00. The largest absolute Gasteiger partial charge is 0.388 e. The first kappa shape index (κ1) is 10.1. The van der Waals surface area contributed by atoms with Crippen molar-refractivity contribution in [2.24, 2.45) is 17.8 Å². The highest BCUT2D eigenvalue weighted by Crippen LogP contribution is 2.54. The molecule has 0 aliphatic heterocycles. The lowest BCUT2D eigenvalue weighted by Gasteiger charge is -2.54. The fourth-order valence-electron chi connectivity index (χ4n) is 4.85. The van der Waals surface area contributed by atoms with Gasteiger partial charge in [-0.1, -0.05) is 0 Å². The van der Waals surface area contributed by atoms with E-state index in [0.29, 0.717) is 5.54 Å². The van der Waals surface area contributed by atoms with Crippen molar-refractivity contribution in [2.75, 3.05) is 6.54 Å². The van der Waals surface area contributed by atoms with Gasteiger partial charge in [-0.05, 0) is 43.9 Å². The van der Waals surface area contributed by atoms with Crippen LogP contribution in [0.3, 0.4) is 0 Å². The molecule has 0 heterocycles. The van der Waals surface area contributed by atoms with Gasteiger partial charge in [0.25, 0.3) is 0 Å². The molecule has 4 aliphatic carbocycles. The molecule has 2 nitrogen and oxygen atoms in total. The Balaban J connectivity index is 1.70. The van der Waals surface area contributed by atoms with E-state index < -0.39 is 0 Å². The molecule has 2 heteroatoms. The summed E-state index contributed by atoms with van der Waals surface area (Å²) < 4.78 is 0. The van der Waals surface area contributed by atoms with Crippen molar-refractivity contribution in [3.05, 3.63) is 0 Å². The molecule has 0 saturated heterocycles. The molecule has 0 radical (unpaired) electrons. The Hall–Kier alpha value is -0.0800. The predicted octanol–water partition coefficient (Wildman–Crippen LogP) is 0.899. The third-order valence-corrected chi connectivity index (χ3v) is 4.98. The molecule has 86 valence electrons. The van der Waals surface area contributed by atoms with Gasteiger partial charge in [0, 0.05) is 19.3 Å². The average molecular weight is 210 g/mol. The van der Waals surface area contributed by atoms with Crippen LogP contribution >= 0.6 is 0 Å². The maximum Gasteiger partial charge on any atom is 0.102 e. The third-order valence-electron chi connectivity index (χ3n) is 4.98. The van der Waals surface area contributed by atoms with E-state index in [2.05, 4.69) is 5.32 Å². The van der Waals surface area contributed by atoms with Gasteiger partial charge in [-0.15, -0.1) is 0 Å². The van der Waals surface area contributed by atoms with Gasteiger partial charge in [0.15, 0.2) is 0 Å². The first-order valence-electron chi connectivity index (χ1n) is 6.68. The first-order chi connectivity index (χ1) is 7.15. The summed E-state index contributed by atoms with van der Waals surface area (Å²) in [6, 6.07) is 0. The molecule has 4 saturated carbocycles. The van der Waals surface area contributed by atoms with E-state index in [1.54, 1.807) is 0 Å². The van der Waals surface area contributed by atoms with Crippen LogP contribution in [0.1, 0.15) is 45.4 Å². The number of aliphatic hydroxyl groups is 1. The molecule has 0 amide bonds. The minimum atomic E-state index is -0.141. The van der Waals surface area contributed by atoms with Crippen molar-refractivity contribution >= 4 is 0 Å². The number of quaternary nitrogens is 1. The van der Waals surface area contributed by atoms with Gasteiger partial charge in [0.05, 0.1) is 11.6 Å². The summed E-state index contributed by atoms with van der Waals surface area (Å²) in [5, 5.41) is 11.9. The van der Waals surface area contributed by atoms with Crippen molar-refractivity contribution in [1.29, 1.82) is 0 Å². The molecule has 4 aliphatic rings. The minimum Gasteiger partial charge on any atom is -0.388 e. The summed E-state index contributed by atoms with van der Waals surface area (Å²) in [7, 11) is 0. The second-order valence-corrected chi connectivity index (χ2v) is 6.57. The van der Waals surface area contributed by atoms with Crippen molar-refractivity contribution < 1.29 is 10.4 Å². The van der Waals surface area contributed by atoms with E-state index >= 15 is 0 Å². The standard InChI is InChI=1S/C13H23NO/c1-9(15)8-14-13-5-10-2-11(6-13)4-12(3-10)7-13/h9-12,14-15H,2-8H2,1H3/p+1/t9-,10?,11?,12?,13?/m1/s1. The molecule has 0 unspecified atom stereocenters. The quantitative estimate of drug-likeness (QED) is 0.713. The Morgan fingerprint density at radius 2 is 1.60 bits per heavy atom. The van der Waals surface area contributed by atoms with Crippen molar-refractivity contribution in [3.8, 4) is 0 Å². The van der Waals surface area contributed by atoms with Crippen LogP contribution in [-0.4, -0.2) is 23.3 Å². The summed E-state index contributed by atoms with van der Waals surface area (Å²) >= 11 is 0. The van der Waals surface area contributed by atoms with Crippen molar-refractivity contribution in [3.63, 3.8) is 0 Å². The van der Waals surface area contributed by atoms with Gasteiger partial charge in [-0.3, -0.25) is 0 Å². The Bertz CT molecular complexity index is 214. The third kappa shape index (κ3) is 1.83. The summed E-state index contributed by atoms with van der Waals surface area (Å²) in [6.07, 6.45) is 8.71. The fourth-order valence-corrected chi connectivity index (χ4v) is 4.85. The minimum absolute atomic E-state index is 0.141. The Morgan fingerprint density at radius 3 is 2.00 bits per heavy atom. The number of rotatable bonds is 3. The maximum atomic E-state index is 9.42. The van der Waals surface area contributed by atoms with E-state index in [4.69, 9.17) is 0 Å². The van der Waals surface area contributed by atoms with Gasteiger partial charge >= 0.3 is 0 Å². The fraction of sp³-hybridized carbons (Fsp3) is 1.00. The molecule has 4 rings (SSSR count). The Kier molecular flexibility index (Phi) is 2.33. The molecule has 0 spiro atoms. The lowest BCUT2D eigenvalue weighted by atomic mass is 9.53. The Labute approximate surface area is 92.4 Å². The molecule has 0 aromatic heterocycles. The molecular weight excluding hydrogens is 186 g/mol. The summed E-state index contributed by atoms with van der Waals surface area (Å²) in [5.41, 5.74) is 0.547. The van der Waals surface area contributed by atoms with Gasteiger partial charge in [0.1, 0.15) is 6.54 Å². The molecule has 15 heavy (non-hydrogen) atoms. The highest BCUT2D eigenvalue weighted by molar-refractivity contribution is 5.01. The normalized spacial score (nSPS) is 49.6. The first-order valence-corrected chi connectivity index (χ1v) is 6.68. The topological polar surface area (TPSA) is 36.8 Å². The van der Waals surface area contributed by atoms with E-state index in [0.717, 1.165) is 24.3 Å². The zero-order chi connectivity index (χ0) is 10.5. The summed E-state index contributed by atoms with van der Waals surface area (Å²) in [5.74, 6) is 3.09. The highest BCUT2D eigenvalue weighted by Gasteiger charge is 2.53. The second kappa shape index (κ2) is 3.46. The van der Waals surface area contributed by atoms with Crippen LogP contribution in [0.25, 0.3) is 0 Å². The SMILES string of the molecule is C[C@@H](O)C[NH2+]C12CC3CC(CC(C3)C1)C2. The molecule has 1 atom stereocenters. The van der Waals surface area contributed by atoms with Gasteiger partial charge < -0.3 is 10.4 Å². The van der Waals surface area contributed by atoms with Gasteiger partial charge in [-0.25, -0.2) is 0 Å². The molecule has 4 bridgehead atoms. The van der Waals surface area contributed by atoms with E-state index in [9.17, 15) is 5.11 Å². The van der Waals surface area contributed by atoms with Crippen LogP contribution in [0.15, 0.2) is 0 Å². The van der Waals surface area contributed by atoms with Crippen LogP contribution in [-0.2, 0) is 0 Å². The van der Waals surface area contributed by atoms with Crippen LogP contribution < -0.4 is 5.32 Å². The maximum absolute atomic E-state index is 9.42. The molecule has 0 aromatic rings. The molecule has 0 aromatic carbocycles. The predicted molar refractivity (Wildman–Crippen MR) is 59.4 cm³/mol. The highest BCUT2D eigenvalue weighted by atomic mass is 16.3. The van der Waals surface area contributed by atoms with Crippen LogP contribution in [0, 0.1) is 17.8 Å². The lowest BCUT2D eigenvalue weighted by molar-refractivity contribution is -0.743. The second-order valence-electron chi connectivity index (χ2n) is 6.57. The van der Waals surface area contributed by atoms with Crippen molar-refractivity contribution in [2.45, 2.75) is 57.1 Å². The number of hydrogen-bond acceptors (Lipinski definition) is 1. The molecular formula is C13H24NO+. The summed E-state index contributed by atoms with van der Waals surface area (Å²) in [4.78, 5) is 0. The van der Waals surface area contributed by atoms with Crippen molar-refractivity contribution in [1.82, 2.24) is 0 Å². The van der Waals surface area contributed by atoms with Crippen LogP contribution in [0.4, 0.5) is 0 Å². The summed E-state index contributed by atoms with van der Waals surface area (Å²) in [6.45, 7) is 2.82. The zero-order valence-electron chi connectivity index (χ0n) is 9.78. The van der Waals surface area contributed by atoms with Gasteiger partial charge in [0.2, 0.25) is 0 Å². The van der Waals surface area contributed by atoms with E-state index in [-0.39, 0.29) is 6.10 Å². The molecule has 4 fully saturated rings. The monoisotopic (exact) mass is 210 g/mol. The van der Waals surface area contributed by atoms with E-state index in [1.165, 1.54) is 38.5 Å². The number of nitrogens with two attached hydrogens (primary N) is 1. The zero-order valence-corrected chi connectivity index (χ0v) is 9.78. The average Bonchev–Trinajstić information content (AvgIpc) is 2.12. The number of aliphatic hydroxyl groups excluding tert-OH is 1. The Morgan fingerprint density at radius 1 is 1.13 bits per heavy atom.